The van der Waals surface area contributed by atoms with Gasteiger partial charge in [-0.2, -0.15) is 0 Å². The maximum absolute atomic E-state index is 11.5. The van der Waals surface area contributed by atoms with E-state index in [1.54, 1.807) is 7.05 Å². The monoisotopic (exact) mass is 229 g/mol. The number of carbonyl (C=O) groups is 1. The van der Waals surface area contributed by atoms with E-state index in [1.165, 1.54) is 12.8 Å². The molecule has 0 aromatic carbocycles. The highest BCUT2D eigenvalue weighted by molar-refractivity contribution is 7.80. The Kier molecular flexibility index (Phi) is 3.90. The van der Waals surface area contributed by atoms with Crippen molar-refractivity contribution in [3.63, 3.8) is 0 Å². The summed E-state index contributed by atoms with van der Waals surface area (Å²) in [5.74, 6) is 0.0178. The third-order valence-corrected chi connectivity index (χ3v) is 2.71. The maximum atomic E-state index is 11.5. The zero-order valence-electron chi connectivity index (χ0n) is 9.52. The Morgan fingerprint density at radius 3 is 2.53 bits per heavy atom. The van der Waals surface area contributed by atoms with Crippen LogP contribution in [0.15, 0.2) is 0 Å². The van der Waals surface area contributed by atoms with Crippen molar-refractivity contribution in [2.24, 2.45) is 5.41 Å². The van der Waals surface area contributed by atoms with Crippen molar-refractivity contribution in [2.75, 3.05) is 13.6 Å². The Bertz CT molecular complexity index is 261. The minimum atomic E-state index is -0.440. The van der Waals surface area contributed by atoms with Gasteiger partial charge in [0.25, 0.3) is 0 Å². The lowest BCUT2D eigenvalue weighted by Gasteiger charge is -2.23. The predicted octanol–water partition coefficient (Wildman–Crippen LogP) is 0.385. The molecular formula is C10H19N3OS. The van der Waals surface area contributed by atoms with Gasteiger partial charge < -0.3 is 16.0 Å². The average molecular weight is 229 g/mol. The van der Waals surface area contributed by atoms with Crippen LogP contribution in [0, 0.1) is 5.41 Å². The fourth-order valence-electron chi connectivity index (χ4n) is 1.18. The summed E-state index contributed by atoms with van der Waals surface area (Å²) in [5.41, 5.74) is -0.440. The van der Waals surface area contributed by atoms with E-state index >= 15 is 0 Å². The molecule has 3 N–H and O–H groups in total. The fourth-order valence-corrected chi connectivity index (χ4v) is 1.42. The normalized spacial score (nSPS) is 15.7. The molecule has 1 rings (SSSR count). The molecule has 0 unspecified atom stereocenters. The van der Waals surface area contributed by atoms with Gasteiger partial charge in [0.15, 0.2) is 5.11 Å². The zero-order chi connectivity index (χ0) is 11.5. The molecule has 0 aromatic rings. The summed E-state index contributed by atoms with van der Waals surface area (Å²) < 4.78 is 0. The Morgan fingerprint density at radius 2 is 2.07 bits per heavy atom. The fraction of sp³-hybridized carbons (Fsp3) is 0.800. The molecule has 1 saturated carbocycles. The molecule has 0 radical (unpaired) electrons. The number of amides is 1. The molecular weight excluding hydrogens is 210 g/mol. The molecule has 15 heavy (non-hydrogen) atoms. The van der Waals surface area contributed by atoms with E-state index in [2.05, 4.69) is 16.0 Å². The van der Waals surface area contributed by atoms with Crippen LogP contribution in [-0.4, -0.2) is 30.7 Å². The van der Waals surface area contributed by atoms with Crippen molar-refractivity contribution < 1.29 is 4.79 Å². The number of hydrogen-bond donors (Lipinski definition) is 3. The molecule has 0 saturated heterocycles. The number of hydrogen-bond acceptors (Lipinski definition) is 2. The van der Waals surface area contributed by atoms with Crippen molar-refractivity contribution in [3.05, 3.63) is 0 Å². The van der Waals surface area contributed by atoms with E-state index in [1.807, 2.05) is 13.8 Å². The average Bonchev–Trinajstić information content (AvgIpc) is 2.97. The van der Waals surface area contributed by atoms with Crippen LogP contribution < -0.4 is 16.0 Å². The Labute approximate surface area is 96.2 Å². The molecule has 1 fully saturated rings. The van der Waals surface area contributed by atoms with Crippen LogP contribution in [0.1, 0.15) is 26.7 Å². The van der Waals surface area contributed by atoms with Crippen molar-refractivity contribution in [3.8, 4) is 0 Å². The van der Waals surface area contributed by atoms with Gasteiger partial charge in [-0.25, -0.2) is 0 Å². The van der Waals surface area contributed by atoms with Crippen molar-refractivity contribution in [1.29, 1.82) is 0 Å². The van der Waals surface area contributed by atoms with Crippen LogP contribution >= 0.6 is 12.2 Å². The molecule has 1 aliphatic carbocycles. The molecule has 86 valence electrons. The van der Waals surface area contributed by atoms with Crippen molar-refractivity contribution in [2.45, 2.75) is 32.7 Å². The van der Waals surface area contributed by atoms with Gasteiger partial charge in [0.05, 0.1) is 5.41 Å². The lowest BCUT2D eigenvalue weighted by atomic mass is 9.92. The van der Waals surface area contributed by atoms with Crippen LogP contribution in [0.2, 0.25) is 0 Å². The summed E-state index contributed by atoms with van der Waals surface area (Å²) in [6.45, 7) is 4.32. The maximum Gasteiger partial charge on any atom is 0.227 e. The summed E-state index contributed by atoms with van der Waals surface area (Å²) in [7, 11) is 1.64. The molecule has 0 aliphatic heterocycles. The Morgan fingerprint density at radius 1 is 1.47 bits per heavy atom. The van der Waals surface area contributed by atoms with Gasteiger partial charge in [0.2, 0.25) is 5.91 Å². The first-order chi connectivity index (χ1) is 6.95. The van der Waals surface area contributed by atoms with Gasteiger partial charge in [0.1, 0.15) is 0 Å². The van der Waals surface area contributed by atoms with E-state index < -0.39 is 5.41 Å². The molecule has 5 heteroatoms. The van der Waals surface area contributed by atoms with E-state index in [4.69, 9.17) is 12.2 Å². The summed E-state index contributed by atoms with van der Waals surface area (Å²) in [6, 6.07) is 0.549. The second-order valence-electron chi connectivity index (χ2n) is 4.56. The second kappa shape index (κ2) is 4.79. The highest BCUT2D eigenvalue weighted by atomic mass is 32.1. The molecule has 0 atom stereocenters. The summed E-state index contributed by atoms with van der Waals surface area (Å²) in [6.07, 6.45) is 2.39. The molecule has 1 aliphatic rings. The summed E-state index contributed by atoms with van der Waals surface area (Å²) in [4.78, 5) is 11.5. The lowest BCUT2D eigenvalue weighted by molar-refractivity contribution is -0.128. The van der Waals surface area contributed by atoms with E-state index in [-0.39, 0.29) is 5.91 Å². The topological polar surface area (TPSA) is 53.2 Å². The van der Waals surface area contributed by atoms with Crippen LogP contribution in [0.25, 0.3) is 0 Å². The number of nitrogens with one attached hydrogen (secondary N) is 3. The SMILES string of the molecule is CNC(=O)C(C)(C)CNC(=S)NC1CC1. The summed E-state index contributed by atoms with van der Waals surface area (Å²) >= 11 is 5.11. The van der Waals surface area contributed by atoms with Crippen LogP contribution in [0.5, 0.6) is 0 Å². The van der Waals surface area contributed by atoms with Gasteiger partial charge in [-0.15, -0.1) is 0 Å². The van der Waals surface area contributed by atoms with E-state index in [9.17, 15) is 4.79 Å². The third-order valence-electron chi connectivity index (χ3n) is 2.45. The van der Waals surface area contributed by atoms with Crippen LogP contribution in [0.3, 0.4) is 0 Å². The highest BCUT2D eigenvalue weighted by Gasteiger charge is 2.27. The van der Waals surface area contributed by atoms with Gasteiger partial charge in [-0.3, -0.25) is 4.79 Å². The van der Waals surface area contributed by atoms with Crippen LogP contribution in [-0.2, 0) is 4.79 Å². The lowest BCUT2D eigenvalue weighted by Crippen LogP contribution is -2.46. The highest BCUT2D eigenvalue weighted by Crippen LogP contribution is 2.18. The number of carbonyl (C=O) groups excluding carboxylic acids is 1. The molecule has 0 heterocycles. The second-order valence-corrected chi connectivity index (χ2v) is 4.97. The molecule has 0 bridgehead atoms. The largest absolute Gasteiger partial charge is 0.362 e. The number of rotatable bonds is 4. The van der Waals surface area contributed by atoms with Crippen molar-refractivity contribution in [1.82, 2.24) is 16.0 Å². The quantitative estimate of drug-likeness (QED) is 0.610. The first-order valence-electron chi connectivity index (χ1n) is 5.22. The first-order valence-corrected chi connectivity index (χ1v) is 5.63. The van der Waals surface area contributed by atoms with Gasteiger partial charge in [0, 0.05) is 19.6 Å². The third kappa shape index (κ3) is 4.03. The van der Waals surface area contributed by atoms with E-state index in [0.717, 1.165) is 0 Å². The molecule has 4 nitrogen and oxygen atoms in total. The van der Waals surface area contributed by atoms with Crippen LogP contribution in [0.4, 0.5) is 0 Å². The standard InChI is InChI=1S/C10H19N3OS/c1-10(2,8(14)11-3)6-12-9(15)13-7-4-5-7/h7H,4-6H2,1-3H3,(H,11,14)(H2,12,13,15). The predicted molar refractivity (Wildman–Crippen MR) is 64.6 cm³/mol. The summed E-state index contributed by atoms with van der Waals surface area (Å²) in [5, 5.41) is 9.53. The first kappa shape index (κ1) is 12.2. The Hall–Kier alpha value is -0.840. The van der Waals surface area contributed by atoms with E-state index in [0.29, 0.717) is 17.7 Å². The molecule has 0 spiro atoms. The van der Waals surface area contributed by atoms with Crippen molar-refractivity contribution >= 4 is 23.2 Å². The zero-order valence-corrected chi connectivity index (χ0v) is 10.3. The van der Waals surface area contributed by atoms with Gasteiger partial charge in [-0.05, 0) is 38.9 Å². The molecule has 0 aromatic heterocycles. The van der Waals surface area contributed by atoms with Gasteiger partial charge >= 0.3 is 0 Å². The smallest absolute Gasteiger partial charge is 0.227 e. The number of thiocarbonyl (C=S) groups is 1. The minimum absolute atomic E-state index is 0.0178. The molecule has 1 amide bonds. The van der Waals surface area contributed by atoms with Gasteiger partial charge in [-0.1, -0.05) is 0 Å². The minimum Gasteiger partial charge on any atom is -0.362 e. The Balaban J connectivity index is 2.27.